The third-order valence-corrected chi connectivity index (χ3v) is 3.42. The standard InChI is InChI=1S/C12H20N2O/c1-9(2)10-8-11(14-15-10)12(3)4-6-13-7-5-12/h8-9,13H,4-7H2,1-3H3. The quantitative estimate of drug-likeness (QED) is 0.811. The number of nitrogens with one attached hydrogen (secondary N) is 1. The van der Waals surface area contributed by atoms with Crippen molar-refractivity contribution in [3.63, 3.8) is 0 Å². The fourth-order valence-electron chi connectivity index (χ4n) is 2.08. The maximum Gasteiger partial charge on any atom is 0.139 e. The van der Waals surface area contributed by atoms with Gasteiger partial charge in [-0.05, 0) is 25.9 Å². The minimum Gasteiger partial charge on any atom is -0.361 e. The predicted octanol–water partition coefficient (Wildman–Crippen LogP) is 2.44. The van der Waals surface area contributed by atoms with Crippen molar-refractivity contribution in [2.75, 3.05) is 13.1 Å². The van der Waals surface area contributed by atoms with Gasteiger partial charge in [0.25, 0.3) is 0 Å². The molecule has 2 heterocycles. The summed E-state index contributed by atoms with van der Waals surface area (Å²) in [5.74, 6) is 1.43. The molecule has 2 rings (SSSR count). The van der Waals surface area contributed by atoms with Gasteiger partial charge in [0.15, 0.2) is 0 Å². The Balaban J connectivity index is 2.20. The average molecular weight is 208 g/mol. The molecule has 15 heavy (non-hydrogen) atoms. The smallest absolute Gasteiger partial charge is 0.139 e. The normalized spacial score (nSPS) is 20.8. The van der Waals surface area contributed by atoms with Gasteiger partial charge in [-0.15, -0.1) is 0 Å². The minimum atomic E-state index is 0.210. The summed E-state index contributed by atoms with van der Waals surface area (Å²) in [6, 6.07) is 2.13. The molecular weight excluding hydrogens is 188 g/mol. The molecule has 0 atom stereocenters. The van der Waals surface area contributed by atoms with E-state index in [9.17, 15) is 0 Å². The highest BCUT2D eigenvalue weighted by Gasteiger charge is 2.32. The average Bonchev–Trinajstić information content (AvgIpc) is 2.68. The maximum atomic E-state index is 5.37. The number of nitrogens with zero attached hydrogens (tertiary/aromatic N) is 1. The van der Waals surface area contributed by atoms with Crippen LogP contribution in [0, 0.1) is 0 Å². The maximum absolute atomic E-state index is 5.37. The van der Waals surface area contributed by atoms with Gasteiger partial charge >= 0.3 is 0 Å². The molecule has 0 aromatic carbocycles. The molecule has 1 aromatic heterocycles. The van der Waals surface area contributed by atoms with Gasteiger partial charge in [0, 0.05) is 17.4 Å². The molecule has 0 unspecified atom stereocenters. The van der Waals surface area contributed by atoms with E-state index in [1.54, 1.807) is 0 Å². The van der Waals surface area contributed by atoms with E-state index in [4.69, 9.17) is 4.52 Å². The Labute approximate surface area is 91.2 Å². The van der Waals surface area contributed by atoms with E-state index < -0.39 is 0 Å². The molecule has 0 saturated carbocycles. The first-order valence-electron chi connectivity index (χ1n) is 5.80. The van der Waals surface area contributed by atoms with Crippen molar-refractivity contribution >= 4 is 0 Å². The molecule has 0 aliphatic carbocycles. The molecule has 0 spiro atoms. The summed E-state index contributed by atoms with van der Waals surface area (Å²) in [6.45, 7) is 8.72. The van der Waals surface area contributed by atoms with E-state index in [1.807, 2.05) is 0 Å². The summed E-state index contributed by atoms with van der Waals surface area (Å²) in [7, 11) is 0. The van der Waals surface area contributed by atoms with Crippen LogP contribution in [-0.4, -0.2) is 18.2 Å². The van der Waals surface area contributed by atoms with E-state index >= 15 is 0 Å². The Bertz CT molecular complexity index is 324. The zero-order chi connectivity index (χ0) is 10.9. The first-order chi connectivity index (χ1) is 7.12. The molecule has 1 aliphatic rings. The van der Waals surface area contributed by atoms with E-state index in [1.165, 1.54) is 0 Å². The SMILES string of the molecule is CC(C)c1cc(C2(C)CCNCC2)no1. The molecule has 0 radical (unpaired) electrons. The highest BCUT2D eigenvalue weighted by atomic mass is 16.5. The highest BCUT2D eigenvalue weighted by molar-refractivity contribution is 5.19. The molecule has 1 saturated heterocycles. The summed E-state index contributed by atoms with van der Waals surface area (Å²) in [6.07, 6.45) is 2.30. The Kier molecular flexibility index (Phi) is 2.83. The van der Waals surface area contributed by atoms with Crippen LogP contribution in [0.1, 0.15) is 51.0 Å². The Morgan fingerprint density at radius 2 is 2.07 bits per heavy atom. The first-order valence-corrected chi connectivity index (χ1v) is 5.80. The van der Waals surface area contributed by atoms with Gasteiger partial charge in [-0.25, -0.2) is 0 Å². The zero-order valence-electron chi connectivity index (χ0n) is 9.84. The summed E-state index contributed by atoms with van der Waals surface area (Å²) >= 11 is 0. The van der Waals surface area contributed by atoms with Gasteiger partial charge in [-0.2, -0.15) is 0 Å². The molecule has 1 fully saturated rings. The number of aromatic nitrogens is 1. The molecule has 0 amide bonds. The number of hydrogen-bond donors (Lipinski definition) is 1. The summed E-state index contributed by atoms with van der Waals surface area (Å²) in [5.41, 5.74) is 1.34. The lowest BCUT2D eigenvalue weighted by Crippen LogP contribution is -2.37. The molecule has 1 N–H and O–H groups in total. The Hall–Kier alpha value is -0.830. The first kappa shape index (κ1) is 10.7. The second-order valence-corrected chi connectivity index (χ2v) is 5.08. The van der Waals surface area contributed by atoms with E-state index in [0.29, 0.717) is 5.92 Å². The van der Waals surface area contributed by atoms with Gasteiger partial charge in [0.05, 0.1) is 5.69 Å². The molecular formula is C12H20N2O. The van der Waals surface area contributed by atoms with Crippen LogP contribution < -0.4 is 5.32 Å². The lowest BCUT2D eigenvalue weighted by Gasteiger charge is -2.31. The van der Waals surface area contributed by atoms with Crippen molar-refractivity contribution in [1.82, 2.24) is 10.5 Å². The third-order valence-electron chi connectivity index (χ3n) is 3.42. The highest BCUT2D eigenvalue weighted by Crippen LogP contribution is 2.33. The van der Waals surface area contributed by atoms with Gasteiger partial charge < -0.3 is 9.84 Å². The summed E-state index contributed by atoms with van der Waals surface area (Å²) < 4.78 is 5.37. The van der Waals surface area contributed by atoms with Crippen molar-refractivity contribution in [3.8, 4) is 0 Å². The van der Waals surface area contributed by atoms with Crippen molar-refractivity contribution in [1.29, 1.82) is 0 Å². The zero-order valence-corrected chi connectivity index (χ0v) is 9.84. The Morgan fingerprint density at radius 3 is 2.60 bits per heavy atom. The molecule has 3 heteroatoms. The summed E-state index contributed by atoms with van der Waals surface area (Å²) in [4.78, 5) is 0. The predicted molar refractivity (Wildman–Crippen MR) is 60.0 cm³/mol. The molecule has 1 aliphatic heterocycles. The monoisotopic (exact) mass is 208 g/mol. The van der Waals surface area contributed by atoms with Crippen molar-refractivity contribution in [3.05, 3.63) is 17.5 Å². The van der Waals surface area contributed by atoms with Crippen LogP contribution in [0.3, 0.4) is 0 Å². The largest absolute Gasteiger partial charge is 0.361 e. The van der Waals surface area contributed by atoms with Crippen molar-refractivity contribution in [2.24, 2.45) is 0 Å². The topological polar surface area (TPSA) is 38.1 Å². The number of piperidine rings is 1. The third kappa shape index (κ3) is 2.07. The lowest BCUT2D eigenvalue weighted by molar-refractivity contribution is 0.299. The summed E-state index contributed by atoms with van der Waals surface area (Å²) in [5, 5.41) is 7.61. The fraction of sp³-hybridized carbons (Fsp3) is 0.750. The van der Waals surface area contributed by atoms with Gasteiger partial charge in [-0.3, -0.25) is 0 Å². The van der Waals surface area contributed by atoms with Crippen LogP contribution in [0.25, 0.3) is 0 Å². The van der Waals surface area contributed by atoms with Crippen molar-refractivity contribution in [2.45, 2.75) is 44.9 Å². The van der Waals surface area contributed by atoms with Crippen LogP contribution in [0.4, 0.5) is 0 Å². The molecule has 1 aromatic rings. The van der Waals surface area contributed by atoms with Gasteiger partial charge in [0.1, 0.15) is 5.76 Å². The molecule has 84 valence electrons. The van der Waals surface area contributed by atoms with Crippen LogP contribution in [0.5, 0.6) is 0 Å². The van der Waals surface area contributed by atoms with Gasteiger partial charge in [-0.1, -0.05) is 25.9 Å². The molecule has 3 nitrogen and oxygen atoms in total. The lowest BCUT2D eigenvalue weighted by atomic mass is 9.78. The van der Waals surface area contributed by atoms with Crippen LogP contribution in [-0.2, 0) is 5.41 Å². The second-order valence-electron chi connectivity index (χ2n) is 5.08. The number of rotatable bonds is 2. The van der Waals surface area contributed by atoms with E-state index in [0.717, 1.165) is 37.4 Å². The van der Waals surface area contributed by atoms with Crippen molar-refractivity contribution < 1.29 is 4.52 Å². The second kappa shape index (κ2) is 3.97. The minimum absolute atomic E-state index is 0.210. The Morgan fingerprint density at radius 1 is 1.40 bits per heavy atom. The fourth-order valence-corrected chi connectivity index (χ4v) is 2.08. The van der Waals surface area contributed by atoms with E-state index in [2.05, 4.69) is 37.3 Å². The van der Waals surface area contributed by atoms with Crippen LogP contribution in [0.15, 0.2) is 10.6 Å². The van der Waals surface area contributed by atoms with Gasteiger partial charge in [0.2, 0.25) is 0 Å². The molecule has 0 bridgehead atoms. The van der Waals surface area contributed by atoms with Crippen LogP contribution in [0.2, 0.25) is 0 Å². The number of hydrogen-bond acceptors (Lipinski definition) is 3. The van der Waals surface area contributed by atoms with E-state index in [-0.39, 0.29) is 5.41 Å². The van der Waals surface area contributed by atoms with Crippen LogP contribution >= 0.6 is 0 Å².